The maximum atomic E-state index is 13.4. The molecular formula is C32H35N3O2. The molecule has 37 heavy (non-hydrogen) atoms. The Morgan fingerprint density at radius 3 is 2.41 bits per heavy atom. The average Bonchev–Trinajstić information content (AvgIpc) is 3.71. The lowest BCUT2D eigenvalue weighted by Crippen LogP contribution is -2.37. The van der Waals surface area contributed by atoms with Crippen molar-refractivity contribution in [2.45, 2.75) is 51.5 Å². The van der Waals surface area contributed by atoms with Crippen molar-refractivity contribution in [2.24, 2.45) is 5.92 Å². The monoisotopic (exact) mass is 493 g/mol. The normalized spacial score (nSPS) is 16.3. The Morgan fingerprint density at radius 2 is 1.70 bits per heavy atom. The summed E-state index contributed by atoms with van der Waals surface area (Å²) in [6, 6.07) is 25.1. The number of likely N-dealkylation sites (tertiary alicyclic amines) is 1. The van der Waals surface area contributed by atoms with Crippen LogP contribution < -0.4 is 4.74 Å². The molecule has 1 saturated heterocycles. The summed E-state index contributed by atoms with van der Waals surface area (Å²) in [5, 5.41) is 0. The van der Waals surface area contributed by atoms with Gasteiger partial charge >= 0.3 is 0 Å². The lowest BCUT2D eigenvalue weighted by Gasteiger charge is -2.32. The van der Waals surface area contributed by atoms with Gasteiger partial charge in [-0.3, -0.25) is 4.79 Å². The van der Waals surface area contributed by atoms with E-state index in [4.69, 9.17) is 9.72 Å². The van der Waals surface area contributed by atoms with E-state index in [0.29, 0.717) is 12.5 Å². The predicted molar refractivity (Wildman–Crippen MR) is 147 cm³/mol. The highest BCUT2D eigenvalue weighted by atomic mass is 16.5. The second-order valence-electron chi connectivity index (χ2n) is 10.5. The summed E-state index contributed by atoms with van der Waals surface area (Å²) < 4.78 is 7.98. The lowest BCUT2D eigenvalue weighted by atomic mass is 9.89. The summed E-state index contributed by atoms with van der Waals surface area (Å²) in [5.41, 5.74) is 5.40. The van der Waals surface area contributed by atoms with E-state index in [1.807, 2.05) is 36.1 Å². The van der Waals surface area contributed by atoms with Crippen LogP contribution >= 0.6 is 0 Å². The molecule has 0 unspecified atom stereocenters. The standard InChI is InChI=1S/C32H35N3O2/c1-2-37-28-13-10-23(11-14-28)20-31-33-29-21-27(12-15-30(29)35(31)22-24-8-9-24)32(36)34-18-16-26(17-19-34)25-6-4-3-5-7-25/h3-7,10-15,21,24,26H,2,8-9,16-20,22H2,1H3. The average molecular weight is 494 g/mol. The van der Waals surface area contributed by atoms with Crippen molar-refractivity contribution in [3.05, 3.63) is 95.3 Å². The highest BCUT2D eigenvalue weighted by molar-refractivity contribution is 5.97. The summed E-state index contributed by atoms with van der Waals surface area (Å²) in [5.74, 6) is 3.37. The van der Waals surface area contributed by atoms with Gasteiger partial charge < -0.3 is 14.2 Å². The second kappa shape index (κ2) is 10.4. The SMILES string of the molecule is CCOc1ccc(Cc2nc3cc(C(=O)N4CCC(c5ccccc5)CC4)ccc3n2CC2CC2)cc1. The zero-order chi connectivity index (χ0) is 25.2. The molecule has 0 spiro atoms. The van der Waals surface area contributed by atoms with Crippen LogP contribution in [0.2, 0.25) is 0 Å². The third-order valence-corrected chi connectivity index (χ3v) is 7.86. The zero-order valence-corrected chi connectivity index (χ0v) is 21.6. The Bertz CT molecular complexity index is 1360. The Balaban J connectivity index is 1.21. The molecule has 6 rings (SSSR count). The zero-order valence-electron chi connectivity index (χ0n) is 21.6. The summed E-state index contributed by atoms with van der Waals surface area (Å²) >= 11 is 0. The van der Waals surface area contributed by atoms with Gasteiger partial charge in [-0.05, 0) is 85.9 Å². The number of hydrogen-bond donors (Lipinski definition) is 0. The summed E-state index contributed by atoms with van der Waals surface area (Å²) in [4.78, 5) is 20.5. The van der Waals surface area contributed by atoms with E-state index < -0.39 is 0 Å². The molecule has 1 aliphatic carbocycles. The fraction of sp³-hybridized carbons (Fsp3) is 0.375. The molecule has 2 fully saturated rings. The van der Waals surface area contributed by atoms with Crippen molar-refractivity contribution in [2.75, 3.05) is 19.7 Å². The molecule has 2 heterocycles. The van der Waals surface area contributed by atoms with E-state index in [2.05, 4.69) is 53.1 Å². The van der Waals surface area contributed by atoms with Crippen LogP contribution in [0.25, 0.3) is 11.0 Å². The van der Waals surface area contributed by atoms with Crippen LogP contribution in [-0.2, 0) is 13.0 Å². The van der Waals surface area contributed by atoms with Crippen LogP contribution in [-0.4, -0.2) is 40.1 Å². The van der Waals surface area contributed by atoms with Gasteiger partial charge in [0.25, 0.3) is 5.91 Å². The Kier molecular flexibility index (Phi) is 6.69. The molecule has 0 N–H and O–H groups in total. The topological polar surface area (TPSA) is 47.4 Å². The van der Waals surface area contributed by atoms with Gasteiger partial charge in [0.2, 0.25) is 0 Å². The smallest absolute Gasteiger partial charge is 0.253 e. The fourth-order valence-electron chi connectivity index (χ4n) is 5.59. The number of carbonyl (C=O) groups excluding carboxylic acids is 1. The highest BCUT2D eigenvalue weighted by Crippen LogP contribution is 2.33. The minimum Gasteiger partial charge on any atom is -0.494 e. The van der Waals surface area contributed by atoms with Crippen LogP contribution in [0, 0.1) is 5.92 Å². The van der Waals surface area contributed by atoms with Gasteiger partial charge in [0.05, 0.1) is 17.6 Å². The summed E-state index contributed by atoms with van der Waals surface area (Å²) in [7, 11) is 0. The van der Waals surface area contributed by atoms with E-state index in [1.54, 1.807) is 0 Å². The quantitative estimate of drug-likeness (QED) is 0.283. The van der Waals surface area contributed by atoms with Gasteiger partial charge in [0.1, 0.15) is 11.6 Å². The van der Waals surface area contributed by atoms with Crippen LogP contribution in [0.1, 0.15) is 65.8 Å². The molecule has 2 aliphatic rings. The molecule has 0 atom stereocenters. The van der Waals surface area contributed by atoms with Crippen molar-refractivity contribution in [3.63, 3.8) is 0 Å². The molecule has 1 aliphatic heterocycles. The molecule has 5 nitrogen and oxygen atoms in total. The van der Waals surface area contributed by atoms with Crippen molar-refractivity contribution in [3.8, 4) is 5.75 Å². The van der Waals surface area contributed by atoms with Crippen molar-refractivity contribution >= 4 is 16.9 Å². The molecule has 3 aromatic carbocycles. The molecule has 1 amide bonds. The van der Waals surface area contributed by atoms with E-state index in [-0.39, 0.29) is 5.91 Å². The van der Waals surface area contributed by atoms with Crippen LogP contribution in [0.3, 0.4) is 0 Å². The van der Waals surface area contributed by atoms with Crippen LogP contribution in [0.4, 0.5) is 0 Å². The number of benzene rings is 3. The number of rotatable bonds is 8. The number of hydrogen-bond acceptors (Lipinski definition) is 3. The minimum absolute atomic E-state index is 0.123. The first-order valence-corrected chi connectivity index (χ1v) is 13.7. The molecular weight excluding hydrogens is 458 g/mol. The predicted octanol–water partition coefficient (Wildman–Crippen LogP) is 6.46. The van der Waals surface area contributed by atoms with E-state index in [1.165, 1.54) is 24.0 Å². The molecule has 5 heteroatoms. The number of ether oxygens (including phenoxy) is 1. The summed E-state index contributed by atoms with van der Waals surface area (Å²) in [6.45, 7) is 5.27. The van der Waals surface area contributed by atoms with Gasteiger partial charge in [-0.25, -0.2) is 4.98 Å². The lowest BCUT2D eigenvalue weighted by molar-refractivity contribution is 0.0713. The number of piperidine rings is 1. The molecule has 4 aromatic rings. The van der Waals surface area contributed by atoms with Gasteiger partial charge in [-0.1, -0.05) is 42.5 Å². The van der Waals surface area contributed by atoms with E-state index >= 15 is 0 Å². The first-order chi connectivity index (χ1) is 18.2. The molecule has 0 bridgehead atoms. The third kappa shape index (κ3) is 5.27. The minimum atomic E-state index is 0.123. The summed E-state index contributed by atoms with van der Waals surface area (Å²) in [6.07, 6.45) is 5.37. The number of amides is 1. The van der Waals surface area contributed by atoms with Gasteiger partial charge in [0, 0.05) is 31.6 Å². The molecule has 1 saturated carbocycles. The van der Waals surface area contributed by atoms with Crippen LogP contribution in [0.15, 0.2) is 72.8 Å². The van der Waals surface area contributed by atoms with Gasteiger partial charge in [-0.15, -0.1) is 0 Å². The van der Waals surface area contributed by atoms with Gasteiger partial charge in [-0.2, -0.15) is 0 Å². The maximum Gasteiger partial charge on any atom is 0.253 e. The number of aromatic nitrogens is 2. The number of nitrogens with zero attached hydrogens (tertiary/aromatic N) is 3. The largest absolute Gasteiger partial charge is 0.494 e. The Labute approximate surface area is 219 Å². The fourth-order valence-corrected chi connectivity index (χ4v) is 5.59. The Morgan fingerprint density at radius 1 is 0.946 bits per heavy atom. The number of imidazole rings is 1. The number of fused-ring (bicyclic) bond motifs is 1. The molecule has 0 radical (unpaired) electrons. The van der Waals surface area contributed by atoms with Crippen molar-refractivity contribution in [1.29, 1.82) is 0 Å². The second-order valence-corrected chi connectivity index (χ2v) is 10.5. The molecule has 190 valence electrons. The maximum absolute atomic E-state index is 13.4. The Hall–Kier alpha value is -3.60. The first kappa shape index (κ1) is 23.8. The van der Waals surface area contributed by atoms with E-state index in [0.717, 1.165) is 73.0 Å². The van der Waals surface area contributed by atoms with Gasteiger partial charge in [0.15, 0.2) is 0 Å². The third-order valence-electron chi connectivity index (χ3n) is 7.86. The van der Waals surface area contributed by atoms with Crippen molar-refractivity contribution in [1.82, 2.24) is 14.5 Å². The highest BCUT2D eigenvalue weighted by Gasteiger charge is 2.27. The number of carbonyl (C=O) groups is 1. The van der Waals surface area contributed by atoms with Crippen LogP contribution in [0.5, 0.6) is 5.75 Å². The van der Waals surface area contributed by atoms with E-state index in [9.17, 15) is 4.79 Å². The first-order valence-electron chi connectivity index (χ1n) is 13.7. The molecule has 1 aromatic heterocycles. The van der Waals surface area contributed by atoms with Crippen molar-refractivity contribution < 1.29 is 9.53 Å².